The largest absolute Gasteiger partial charge is 0.338 e. The summed E-state index contributed by atoms with van der Waals surface area (Å²) in [6.45, 7) is 4.87. The number of aryl methyl sites for hydroxylation is 1. The molecule has 1 atom stereocenters. The average molecular weight is 410 g/mol. The zero-order chi connectivity index (χ0) is 21.9. The Morgan fingerprint density at radius 2 is 1.84 bits per heavy atom. The van der Waals surface area contributed by atoms with Crippen LogP contribution in [0.15, 0.2) is 60.7 Å². The number of para-hydroxylation sites is 1. The summed E-state index contributed by atoms with van der Waals surface area (Å²) in [5.41, 5.74) is 5.99. The molecular formula is C27H27N3O. The van der Waals surface area contributed by atoms with E-state index >= 15 is 0 Å². The molecule has 3 aromatic carbocycles. The van der Waals surface area contributed by atoms with E-state index in [0.29, 0.717) is 11.3 Å². The van der Waals surface area contributed by atoms with Gasteiger partial charge in [0.1, 0.15) is 0 Å². The Labute approximate surface area is 182 Å². The van der Waals surface area contributed by atoms with Gasteiger partial charge in [-0.1, -0.05) is 49.4 Å². The maximum Gasteiger partial charge on any atom is 0.193 e. The molecule has 1 aromatic heterocycles. The minimum Gasteiger partial charge on any atom is -0.338 e. The quantitative estimate of drug-likeness (QED) is 0.457. The van der Waals surface area contributed by atoms with Gasteiger partial charge in [0, 0.05) is 39.5 Å². The number of carbonyl (C=O) groups is 1. The summed E-state index contributed by atoms with van der Waals surface area (Å²) in [6.07, 6.45) is 0.859. The summed E-state index contributed by atoms with van der Waals surface area (Å²) >= 11 is 0. The van der Waals surface area contributed by atoms with Gasteiger partial charge in [-0.05, 0) is 51.2 Å². The molecule has 1 N–H and O–H groups in total. The van der Waals surface area contributed by atoms with Crippen molar-refractivity contribution in [2.45, 2.75) is 32.4 Å². The number of benzene rings is 3. The number of likely N-dealkylation sites (N-methyl/N-ethyl adjacent to an activating group) is 1. The highest BCUT2D eigenvalue weighted by molar-refractivity contribution is 6.21. The maximum atomic E-state index is 13.2. The van der Waals surface area contributed by atoms with E-state index in [1.165, 1.54) is 0 Å². The van der Waals surface area contributed by atoms with Crippen LogP contribution < -0.4 is 0 Å². The Morgan fingerprint density at radius 1 is 1.06 bits per heavy atom. The molecule has 5 rings (SSSR count). The van der Waals surface area contributed by atoms with Gasteiger partial charge in [0.05, 0.1) is 16.8 Å². The Bertz CT molecular complexity index is 1380. The van der Waals surface area contributed by atoms with E-state index in [2.05, 4.69) is 48.7 Å². The molecule has 0 bridgehead atoms. The highest BCUT2D eigenvalue weighted by Gasteiger charge is 2.41. The first-order valence-electron chi connectivity index (χ1n) is 10.8. The van der Waals surface area contributed by atoms with E-state index in [1.807, 2.05) is 49.4 Å². The van der Waals surface area contributed by atoms with Gasteiger partial charge in [0.15, 0.2) is 5.78 Å². The monoisotopic (exact) mass is 409 g/mol. The molecule has 4 nitrogen and oxygen atoms in total. The van der Waals surface area contributed by atoms with E-state index in [-0.39, 0.29) is 11.3 Å². The van der Waals surface area contributed by atoms with Gasteiger partial charge in [-0.2, -0.15) is 0 Å². The number of carbonyl (C=O) groups excluding carboxylic acids is 1. The third kappa shape index (κ3) is 2.64. The van der Waals surface area contributed by atoms with Crippen LogP contribution in [0.5, 0.6) is 0 Å². The van der Waals surface area contributed by atoms with Crippen LogP contribution >= 0.6 is 0 Å². The van der Waals surface area contributed by atoms with Crippen LogP contribution in [0.1, 0.15) is 40.4 Å². The van der Waals surface area contributed by atoms with Gasteiger partial charge < -0.3 is 9.98 Å². The summed E-state index contributed by atoms with van der Waals surface area (Å²) in [5, 5.41) is 11.2. The van der Waals surface area contributed by atoms with E-state index in [9.17, 15) is 4.79 Å². The Hall–Kier alpha value is -3.24. The first-order chi connectivity index (χ1) is 14.9. The molecule has 0 amide bonds. The summed E-state index contributed by atoms with van der Waals surface area (Å²) in [6, 6.07) is 20.0. The zero-order valence-corrected chi connectivity index (χ0v) is 18.5. The van der Waals surface area contributed by atoms with Crippen LogP contribution in [0.4, 0.5) is 0 Å². The molecule has 0 saturated carbocycles. The fourth-order valence-corrected chi connectivity index (χ4v) is 5.21. The Kier molecular flexibility index (Phi) is 4.38. The molecule has 1 aliphatic rings. The van der Waals surface area contributed by atoms with Crippen LogP contribution in [-0.2, 0) is 6.54 Å². The highest BCUT2D eigenvalue weighted by atomic mass is 16.1. The predicted octanol–water partition coefficient (Wildman–Crippen LogP) is 5.43. The number of nitrogens with one attached hydrogen (secondary N) is 1. The first-order valence-corrected chi connectivity index (χ1v) is 10.8. The number of rotatable bonds is 4. The molecule has 0 spiro atoms. The van der Waals surface area contributed by atoms with Gasteiger partial charge >= 0.3 is 0 Å². The lowest BCUT2D eigenvalue weighted by atomic mass is 9.81. The van der Waals surface area contributed by atoms with E-state index < -0.39 is 0 Å². The second-order valence-electron chi connectivity index (χ2n) is 8.82. The molecule has 4 heteroatoms. The van der Waals surface area contributed by atoms with Gasteiger partial charge in [-0.3, -0.25) is 9.69 Å². The summed E-state index contributed by atoms with van der Waals surface area (Å²) in [4.78, 5) is 15.4. The highest BCUT2D eigenvalue weighted by Crippen LogP contribution is 2.40. The Morgan fingerprint density at radius 3 is 2.55 bits per heavy atom. The zero-order valence-electron chi connectivity index (χ0n) is 18.5. The minimum absolute atomic E-state index is 0.0517. The van der Waals surface area contributed by atoms with E-state index in [4.69, 9.17) is 5.41 Å². The van der Waals surface area contributed by atoms with Crippen LogP contribution in [0.3, 0.4) is 0 Å². The fraction of sp³-hybridized carbons (Fsp3) is 0.259. The van der Waals surface area contributed by atoms with Crippen molar-refractivity contribution in [1.29, 1.82) is 5.41 Å². The molecule has 31 heavy (non-hydrogen) atoms. The topological polar surface area (TPSA) is 49.1 Å². The van der Waals surface area contributed by atoms with Crippen molar-refractivity contribution in [3.8, 4) is 0 Å². The van der Waals surface area contributed by atoms with Crippen LogP contribution in [-0.4, -0.2) is 40.6 Å². The molecular weight excluding hydrogens is 382 g/mol. The average Bonchev–Trinajstić information content (AvgIpc) is 3.09. The van der Waals surface area contributed by atoms with Gasteiger partial charge in [-0.15, -0.1) is 0 Å². The third-order valence-electron chi connectivity index (χ3n) is 7.13. The number of hydrogen-bond donors (Lipinski definition) is 1. The second-order valence-corrected chi connectivity index (χ2v) is 8.82. The van der Waals surface area contributed by atoms with Gasteiger partial charge in [-0.25, -0.2) is 0 Å². The van der Waals surface area contributed by atoms with Crippen LogP contribution in [0.25, 0.3) is 21.8 Å². The number of fused-ring (bicyclic) bond motifs is 3. The van der Waals surface area contributed by atoms with Crippen molar-refractivity contribution in [3.05, 3.63) is 82.9 Å². The Balaban J connectivity index is 1.76. The molecule has 0 aliphatic carbocycles. The number of aromatic nitrogens is 1. The number of nitrogens with zero attached hydrogens (tertiary/aromatic N) is 2. The lowest BCUT2D eigenvalue weighted by molar-refractivity contribution is 0.103. The van der Waals surface area contributed by atoms with Gasteiger partial charge in [0.2, 0.25) is 0 Å². The van der Waals surface area contributed by atoms with Crippen molar-refractivity contribution in [2.75, 3.05) is 14.1 Å². The minimum atomic E-state index is -0.344. The van der Waals surface area contributed by atoms with E-state index in [1.54, 1.807) is 0 Å². The maximum absolute atomic E-state index is 13.2. The van der Waals surface area contributed by atoms with Crippen molar-refractivity contribution in [2.24, 2.45) is 0 Å². The smallest absolute Gasteiger partial charge is 0.193 e. The SMILES string of the molecule is CCC1(N(C)C)Cn2c3ccc(C(=O)c4ccccc4C)cc3c3cccc(c32)C1=N. The van der Waals surface area contributed by atoms with Crippen molar-refractivity contribution < 1.29 is 4.79 Å². The second kappa shape index (κ2) is 6.89. The molecule has 0 saturated heterocycles. The predicted molar refractivity (Wildman–Crippen MR) is 128 cm³/mol. The van der Waals surface area contributed by atoms with Crippen LogP contribution in [0.2, 0.25) is 0 Å². The number of hydrogen-bond acceptors (Lipinski definition) is 3. The summed E-state index contributed by atoms with van der Waals surface area (Å²) in [7, 11) is 4.13. The summed E-state index contributed by atoms with van der Waals surface area (Å²) < 4.78 is 2.35. The molecule has 156 valence electrons. The standard InChI is InChI=1S/C27H27N3O/c1-5-27(29(3)4)16-30-23-14-13-18(25(31)19-10-7-6-9-17(19)2)15-22(23)20-11-8-12-21(24(20)30)26(27)28/h6-15,28H,5,16H2,1-4H3. The normalized spacial score (nSPS) is 18.3. The summed E-state index contributed by atoms with van der Waals surface area (Å²) in [5.74, 6) is 0.0517. The molecule has 0 fully saturated rings. The molecule has 4 aromatic rings. The molecule has 1 aliphatic heterocycles. The molecule has 1 unspecified atom stereocenters. The first kappa shape index (κ1) is 19.7. The molecule has 2 heterocycles. The van der Waals surface area contributed by atoms with Crippen molar-refractivity contribution >= 4 is 33.3 Å². The lowest BCUT2D eigenvalue weighted by Gasteiger charge is -2.43. The number of ketones is 1. The van der Waals surface area contributed by atoms with Crippen molar-refractivity contribution in [1.82, 2.24) is 9.47 Å². The lowest BCUT2D eigenvalue weighted by Crippen LogP contribution is -2.55. The third-order valence-corrected chi connectivity index (χ3v) is 7.13. The van der Waals surface area contributed by atoms with Crippen LogP contribution in [0, 0.1) is 12.3 Å². The fourth-order valence-electron chi connectivity index (χ4n) is 5.21. The molecule has 0 radical (unpaired) electrons. The van der Waals surface area contributed by atoms with Crippen molar-refractivity contribution in [3.63, 3.8) is 0 Å². The van der Waals surface area contributed by atoms with Gasteiger partial charge in [0.25, 0.3) is 0 Å². The van der Waals surface area contributed by atoms with E-state index in [0.717, 1.165) is 51.5 Å².